The summed E-state index contributed by atoms with van der Waals surface area (Å²) in [5.74, 6) is 1.45. The van der Waals surface area contributed by atoms with Crippen LogP contribution in [-0.2, 0) is 4.74 Å². The van der Waals surface area contributed by atoms with Gasteiger partial charge >= 0.3 is 6.03 Å². The van der Waals surface area contributed by atoms with Crippen LogP contribution in [0.1, 0.15) is 12.8 Å². The van der Waals surface area contributed by atoms with Crippen LogP contribution in [-0.4, -0.2) is 75.9 Å². The number of nitrogens with zero attached hydrogens (tertiary/aromatic N) is 6. The highest BCUT2D eigenvalue weighted by molar-refractivity contribution is 6.33. The number of halogens is 2. The average molecular weight is 552 g/mol. The number of hydrogen-bond donors (Lipinski definition) is 1. The molecule has 0 unspecified atom stereocenters. The number of aromatic nitrogens is 4. The van der Waals surface area contributed by atoms with Crippen LogP contribution in [0.3, 0.4) is 0 Å². The maximum atomic E-state index is 12.6. The lowest BCUT2D eigenvalue weighted by Crippen LogP contribution is -2.52. The first kappa shape index (κ1) is 24.9. The van der Waals surface area contributed by atoms with Crippen LogP contribution >= 0.6 is 23.2 Å². The number of benzene rings is 2. The molecule has 0 spiro atoms. The molecule has 2 saturated heterocycles. The number of piperidine rings is 1. The maximum Gasteiger partial charge on any atom is 0.317 e. The van der Waals surface area contributed by atoms with Crippen molar-refractivity contribution in [3.8, 4) is 17.1 Å². The minimum atomic E-state index is -0.0118. The molecule has 9 nitrogen and oxygen atoms in total. The summed E-state index contributed by atoms with van der Waals surface area (Å²) in [6.45, 7) is 3.94. The molecule has 0 bridgehead atoms. The zero-order valence-electron chi connectivity index (χ0n) is 20.7. The summed E-state index contributed by atoms with van der Waals surface area (Å²) in [5, 5.41) is 4.44. The second-order valence-corrected chi connectivity index (χ2v) is 10.3. The Labute approximate surface area is 230 Å². The van der Waals surface area contributed by atoms with Crippen molar-refractivity contribution < 1.29 is 9.53 Å². The van der Waals surface area contributed by atoms with Gasteiger partial charge in [0.1, 0.15) is 12.2 Å². The smallest absolute Gasteiger partial charge is 0.317 e. The number of carbonyl (C=O) groups excluding carboxylic acids is 1. The minimum Gasteiger partial charge on any atom is -0.378 e. The molecule has 1 N–H and O–H groups in total. The highest BCUT2D eigenvalue weighted by Gasteiger charge is 2.27. The second-order valence-electron chi connectivity index (χ2n) is 9.41. The number of anilines is 1. The van der Waals surface area contributed by atoms with E-state index in [9.17, 15) is 4.79 Å². The van der Waals surface area contributed by atoms with E-state index in [2.05, 4.69) is 20.2 Å². The predicted molar refractivity (Wildman–Crippen MR) is 148 cm³/mol. The summed E-state index contributed by atoms with van der Waals surface area (Å²) in [6.07, 6.45) is 3.21. The fourth-order valence-corrected chi connectivity index (χ4v) is 5.38. The minimum absolute atomic E-state index is 0.0118. The SMILES string of the molecule is O=C(NC1CCN(c2ncnc3c2nc(-c2ccccc2Cl)n3-c2ccc(Cl)cc2)CC1)N1CCOCC1. The standard InChI is InChI=1S/C27H27Cl2N7O2/c28-18-5-7-20(8-6-18)36-24(21-3-1-2-4-22(21)29)33-23-25(30-17-31-26(23)36)34-11-9-19(10-12-34)32-27(37)35-13-15-38-16-14-35/h1-8,17,19H,9-16H2,(H,32,37). The van der Waals surface area contributed by atoms with Crippen LogP contribution in [0.25, 0.3) is 28.2 Å². The van der Waals surface area contributed by atoms with Gasteiger partial charge in [-0.25, -0.2) is 19.7 Å². The van der Waals surface area contributed by atoms with E-state index in [1.54, 1.807) is 6.33 Å². The van der Waals surface area contributed by atoms with Crippen LogP contribution in [0.5, 0.6) is 0 Å². The van der Waals surface area contributed by atoms with Crippen LogP contribution in [0.15, 0.2) is 54.9 Å². The molecule has 6 rings (SSSR count). The number of hydrogen-bond acceptors (Lipinski definition) is 6. The molecule has 196 valence electrons. The Hall–Kier alpha value is -3.40. The van der Waals surface area contributed by atoms with Crippen molar-refractivity contribution in [3.05, 3.63) is 64.9 Å². The molecule has 0 saturated carbocycles. The first-order valence-corrected chi connectivity index (χ1v) is 13.5. The van der Waals surface area contributed by atoms with Crippen molar-refractivity contribution in [2.24, 2.45) is 0 Å². The van der Waals surface area contributed by atoms with E-state index in [4.69, 9.17) is 32.9 Å². The predicted octanol–water partition coefficient (Wildman–Crippen LogP) is 4.80. The number of urea groups is 1. The molecule has 0 radical (unpaired) electrons. The van der Waals surface area contributed by atoms with E-state index >= 15 is 0 Å². The van der Waals surface area contributed by atoms with Gasteiger partial charge in [0.15, 0.2) is 17.0 Å². The van der Waals surface area contributed by atoms with Gasteiger partial charge in [-0.2, -0.15) is 0 Å². The number of imidazole rings is 1. The summed E-state index contributed by atoms with van der Waals surface area (Å²) >= 11 is 12.8. The van der Waals surface area contributed by atoms with Crippen molar-refractivity contribution in [1.82, 2.24) is 29.7 Å². The Morgan fingerprint density at radius 2 is 1.68 bits per heavy atom. The highest BCUT2D eigenvalue weighted by Crippen LogP contribution is 2.35. The lowest BCUT2D eigenvalue weighted by molar-refractivity contribution is 0.0523. The van der Waals surface area contributed by atoms with E-state index in [-0.39, 0.29) is 12.1 Å². The summed E-state index contributed by atoms with van der Waals surface area (Å²) in [7, 11) is 0. The first-order valence-electron chi connectivity index (χ1n) is 12.7. The molecular weight excluding hydrogens is 525 g/mol. The number of ether oxygens (including phenoxy) is 1. The van der Waals surface area contributed by atoms with E-state index in [1.807, 2.05) is 58.0 Å². The van der Waals surface area contributed by atoms with Crippen molar-refractivity contribution in [2.45, 2.75) is 18.9 Å². The van der Waals surface area contributed by atoms with Gasteiger partial charge in [-0.05, 0) is 49.2 Å². The molecule has 2 aliphatic heterocycles. The Morgan fingerprint density at radius 3 is 2.42 bits per heavy atom. The normalized spacial score (nSPS) is 16.7. The number of morpholine rings is 1. The molecule has 4 aromatic rings. The quantitative estimate of drug-likeness (QED) is 0.392. The van der Waals surface area contributed by atoms with Gasteiger partial charge in [0.2, 0.25) is 0 Å². The molecule has 38 heavy (non-hydrogen) atoms. The molecule has 11 heteroatoms. The number of amides is 2. The summed E-state index contributed by atoms with van der Waals surface area (Å²) < 4.78 is 7.35. The fourth-order valence-electron chi connectivity index (χ4n) is 5.04. The van der Waals surface area contributed by atoms with Gasteiger partial charge in [0, 0.05) is 48.5 Å². The third-order valence-electron chi connectivity index (χ3n) is 7.04. The molecule has 4 heterocycles. The summed E-state index contributed by atoms with van der Waals surface area (Å²) in [4.78, 5) is 31.0. The Morgan fingerprint density at radius 1 is 0.947 bits per heavy atom. The van der Waals surface area contributed by atoms with Crippen molar-refractivity contribution in [1.29, 1.82) is 0 Å². The topological polar surface area (TPSA) is 88.4 Å². The molecule has 2 aliphatic rings. The lowest BCUT2D eigenvalue weighted by Gasteiger charge is -2.35. The van der Waals surface area contributed by atoms with Gasteiger partial charge in [-0.3, -0.25) is 4.57 Å². The third kappa shape index (κ3) is 4.89. The molecular formula is C27H27Cl2N7O2. The number of rotatable bonds is 4. The van der Waals surface area contributed by atoms with E-state index in [0.29, 0.717) is 53.3 Å². The molecule has 2 aromatic carbocycles. The first-order chi connectivity index (χ1) is 18.6. The lowest BCUT2D eigenvalue weighted by atomic mass is 10.1. The van der Waals surface area contributed by atoms with E-state index in [1.165, 1.54) is 0 Å². The monoisotopic (exact) mass is 551 g/mol. The molecule has 0 atom stereocenters. The van der Waals surface area contributed by atoms with Gasteiger partial charge in [-0.1, -0.05) is 35.3 Å². The van der Waals surface area contributed by atoms with E-state index in [0.717, 1.165) is 43.0 Å². The Bertz CT molecular complexity index is 1450. The van der Waals surface area contributed by atoms with Crippen molar-refractivity contribution in [3.63, 3.8) is 0 Å². The van der Waals surface area contributed by atoms with Crippen molar-refractivity contribution in [2.75, 3.05) is 44.3 Å². The third-order valence-corrected chi connectivity index (χ3v) is 7.63. The molecule has 2 amide bonds. The summed E-state index contributed by atoms with van der Waals surface area (Å²) in [5.41, 5.74) is 3.07. The molecule has 2 aromatic heterocycles. The average Bonchev–Trinajstić information content (AvgIpc) is 3.34. The fraction of sp³-hybridized carbons (Fsp3) is 0.333. The van der Waals surface area contributed by atoms with Crippen LogP contribution < -0.4 is 10.2 Å². The largest absolute Gasteiger partial charge is 0.378 e. The Balaban J connectivity index is 1.30. The highest BCUT2D eigenvalue weighted by atomic mass is 35.5. The van der Waals surface area contributed by atoms with Crippen LogP contribution in [0.2, 0.25) is 10.0 Å². The second kappa shape index (κ2) is 10.8. The molecule has 2 fully saturated rings. The van der Waals surface area contributed by atoms with Gasteiger partial charge in [0.25, 0.3) is 0 Å². The van der Waals surface area contributed by atoms with Gasteiger partial charge in [-0.15, -0.1) is 0 Å². The van der Waals surface area contributed by atoms with E-state index < -0.39 is 0 Å². The summed E-state index contributed by atoms with van der Waals surface area (Å²) in [6, 6.07) is 15.3. The zero-order valence-corrected chi connectivity index (χ0v) is 22.2. The van der Waals surface area contributed by atoms with Gasteiger partial charge in [0.05, 0.1) is 18.2 Å². The molecule has 0 aliphatic carbocycles. The number of carbonyl (C=O) groups is 1. The van der Waals surface area contributed by atoms with Crippen LogP contribution in [0.4, 0.5) is 10.6 Å². The van der Waals surface area contributed by atoms with Crippen LogP contribution in [0, 0.1) is 0 Å². The zero-order chi connectivity index (χ0) is 26.1. The Kier molecular flexibility index (Phi) is 7.06. The maximum absolute atomic E-state index is 12.6. The number of nitrogens with one attached hydrogen (secondary N) is 1. The number of fused-ring (bicyclic) bond motifs is 1. The van der Waals surface area contributed by atoms with Gasteiger partial charge < -0.3 is 19.9 Å². The van der Waals surface area contributed by atoms with Crippen molar-refractivity contribution >= 4 is 46.2 Å².